The van der Waals surface area contributed by atoms with Crippen LogP contribution in [0.5, 0.6) is 17.2 Å². The molecule has 0 bridgehead atoms. The number of benzene rings is 2. The summed E-state index contributed by atoms with van der Waals surface area (Å²) in [6, 6.07) is 12.0. The molecule has 2 aromatic rings. The highest BCUT2D eigenvalue weighted by molar-refractivity contribution is 6.03. The maximum Gasteiger partial charge on any atom is 0.243 e. The molecule has 3 N–H and O–H groups in total. The number of ether oxygens (including phenoxy) is 2. The van der Waals surface area contributed by atoms with Gasteiger partial charge in [0.05, 0.1) is 17.6 Å². The zero-order chi connectivity index (χ0) is 29.7. The van der Waals surface area contributed by atoms with Gasteiger partial charge < -0.3 is 14.6 Å². The molecule has 0 atom stereocenters. The van der Waals surface area contributed by atoms with Gasteiger partial charge in [-0.25, -0.2) is 5.48 Å². The van der Waals surface area contributed by atoms with Crippen LogP contribution < -0.4 is 15.0 Å². The van der Waals surface area contributed by atoms with Crippen molar-refractivity contribution in [2.45, 2.75) is 84.0 Å². The van der Waals surface area contributed by atoms with Gasteiger partial charge in [-0.15, -0.1) is 0 Å². The van der Waals surface area contributed by atoms with E-state index in [0.29, 0.717) is 24.5 Å². The van der Waals surface area contributed by atoms with Gasteiger partial charge in [-0.1, -0.05) is 37.5 Å². The second kappa shape index (κ2) is 13.0. The molecule has 0 fully saturated rings. The van der Waals surface area contributed by atoms with Crippen molar-refractivity contribution in [1.82, 2.24) is 5.48 Å². The maximum atomic E-state index is 11.1. The largest absolute Gasteiger partial charge is 0.508 e. The van der Waals surface area contributed by atoms with E-state index < -0.39 is 0 Å². The fourth-order valence-corrected chi connectivity index (χ4v) is 6.37. The molecule has 222 valence electrons. The molecule has 7 nitrogen and oxygen atoms in total. The summed E-state index contributed by atoms with van der Waals surface area (Å²) in [5, 5.41) is 19.0. The summed E-state index contributed by atoms with van der Waals surface area (Å²) in [6.45, 7) is 8.23. The number of rotatable bonds is 12. The molecule has 2 aromatic carbocycles. The van der Waals surface area contributed by atoms with Gasteiger partial charge in [0.15, 0.2) is 5.71 Å². The van der Waals surface area contributed by atoms with Crippen LogP contribution in [0.3, 0.4) is 0 Å². The van der Waals surface area contributed by atoms with Gasteiger partial charge >= 0.3 is 0 Å². The summed E-state index contributed by atoms with van der Waals surface area (Å²) in [4.78, 5) is 11.1. The molecule has 0 saturated carbocycles. The van der Waals surface area contributed by atoms with E-state index in [9.17, 15) is 9.90 Å². The van der Waals surface area contributed by atoms with Crippen molar-refractivity contribution in [3.05, 3.63) is 76.6 Å². The average Bonchev–Trinajstić information content (AvgIpc) is 3.21. The molecule has 42 heavy (non-hydrogen) atoms. The highest BCUT2D eigenvalue weighted by Gasteiger charge is 2.43. The summed E-state index contributed by atoms with van der Waals surface area (Å²) >= 11 is 0. The Balaban J connectivity index is 1.30. The van der Waals surface area contributed by atoms with E-state index in [2.05, 4.69) is 67.8 Å². The fourth-order valence-electron chi connectivity index (χ4n) is 6.37. The number of unbranched alkanes of at least 4 members (excludes halogenated alkanes) is 4. The summed E-state index contributed by atoms with van der Waals surface area (Å²) in [5.74, 6) is 1.94. The molecule has 0 radical (unpaired) electrons. The number of phenolic OH excluding ortho intramolecular Hbond substituents is 1. The summed E-state index contributed by atoms with van der Waals surface area (Å²) in [5.41, 5.74) is 8.73. The smallest absolute Gasteiger partial charge is 0.243 e. The van der Waals surface area contributed by atoms with E-state index in [1.165, 1.54) is 28.1 Å². The molecular weight excluding hydrogens is 528 g/mol. The number of amides is 1. The number of allylic oxidation sites excluding steroid dienone is 4. The molecule has 1 amide bonds. The lowest BCUT2D eigenvalue weighted by Gasteiger charge is -2.27. The Morgan fingerprint density at radius 3 is 2.69 bits per heavy atom. The van der Waals surface area contributed by atoms with Gasteiger partial charge in [0.25, 0.3) is 0 Å². The number of aromatic hydroxyl groups is 1. The van der Waals surface area contributed by atoms with Crippen LogP contribution in [0.15, 0.2) is 65.5 Å². The van der Waals surface area contributed by atoms with Crippen LogP contribution in [-0.2, 0) is 10.2 Å². The van der Waals surface area contributed by atoms with Crippen LogP contribution in [0.1, 0.15) is 89.7 Å². The van der Waals surface area contributed by atoms with Crippen LogP contribution >= 0.6 is 0 Å². The molecule has 7 heteroatoms. The van der Waals surface area contributed by atoms with Crippen LogP contribution in [0.25, 0.3) is 6.08 Å². The monoisotopic (exact) mass is 571 g/mol. The number of nitrogens with one attached hydrogen (secondary N) is 1. The molecule has 0 aromatic heterocycles. The van der Waals surface area contributed by atoms with Crippen LogP contribution in [0.4, 0.5) is 5.69 Å². The van der Waals surface area contributed by atoms with Crippen molar-refractivity contribution in [3.63, 3.8) is 0 Å². The highest BCUT2D eigenvalue weighted by Crippen LogP contribution is 2.45. The molecule has 3 aliphatic rings. The Morgan fingerprint density at radius 2 is 1.88 bits per heavy atom. The predicted molar refractivity (Wildman–Crippen MR) is 165 cm³/mol. The minimum atomic E-state index is -0.340. The molecule has 0 unspecified atom stereocenters. The molecule has 0 spiro atoms. The van der Waals surface area contributed by atoms with Crippen LogP contribution in [0, 0.1) is 0 Å². The zero-order valence-corrected chi connectivity index (χ0v) is 25.0. The topological polar surface area (TPSA) is 91.0 Å². The first kappa shape index (κ1) is 29.6. The third-order valence-corrected chi connectivity index (χ3v) is 8.58. The molecular formula is C35H43N2O5+. The number of phenols is 1. The molecule has 2 heterocycles. The molecule has 2 aliphatic heterocycles. The minimum absolute atomic E-state index is 0.0872. The third-order valence-electron chi connectivity index (χ3n) is 8.58. The van der Waals surface area contributed by atoms with Crippen molar-refractivity contribution >= 4 is 23.4 Å². The lowest BCUT2D eigenvalue weighted by Crippen LogP contribution is -2.27. The van der Waals surface area contributed by atoms with Crippen molar-refractivity contribution in [2.75, 3.05) is 13.2 Å². The van der Waals surface area contributed by atoms with Gasteiger partial charge in [-0.2, -0.15) is 4.58 Å². The number of fused-ring (bicyclic) bond motifs is 3. The van der Waals surface area contributed by atoms with Crippen LogP contribution in [-0.4, -0.2) is 39.7 Å². The first-order chi connectivity index (χ1) is 20.3. The second-order valence-electron chi connectivity index (χ2n) is 11.8. The zero-order valence-electron chi connectivity index (χ0n) is 25.0. The van der Waals surface area contributed by atoms with E-state index in [1.54, 1.807) is 17.6 Å². The number of carbonyl (C=O) groups excluding carboxylic acids is 1. The SMILES string of the molecule is CC[N+]1=C(/C=C/C2=C3Oc4cc(O)cc(OCCCCCCCC(=O)NO)c4C=C3CCC2)C(C)(C)c2ccccc21. The van der Waals surface area contributed by atoms with E-state index in [-0.39, 0.29) is 17.1 Å². The number of para-hydroxylation sites is 1. The summed E-state index contributed by atoms with van der Waals surface area (Å²) in [6.07, 6.45) is 14.5. The van der Waals surface area contributed by atoms with Gasteiger partial charge in [0, 0.05) is 36.3 Å². The Hall–Kier alpha value is -3.84. The predicted octanol–water partition coefficient (Wildman–Crippen LogP) is 7.48. The lowest BCUT2D eigenvalue weighted by molar-refractivity contribution is -0.433. The van der Waals surface area contributed by atoms with Crippen molar-refractivity contribution in [3.8, 4) is 17.2 Å². The Labute approximate surface area is 248 Å². The number of hydrogen-bond acceptors (Lipinski definition) is 5. The van der Waals surface area contributed by atoms with E-state index >= 15 is 0 Å². The Bertz CT molecular complexity index is 1460. The van der Waals surface area contributed by atoms with Crippen molar-refractivity contribution in [2.24, 2.45) is 0 Å². The van der Waals surface area contributed by atoms with Gasteiger partial charge in [0.2, 0.25) is 11.6 Å². The number of carbonyl (C=O) groups is 1. The average molecular weight is 572 g/mol. The highest BCUT2D eigenvalue weighted by atomic mass is 16.5. The second-order valence-corrected chi connectivity index (χ2v) is 11.8. The molecule has 1 aliphatic carbocycles. The molecule has 0 saturated heterocycles. The number of hydrogen-bond donors (Lipinski definition) is 3. The normalized spacial score (nSPS) is 17.0. The Kier molecular flexibility index (Phi) is 9.17. The summed E-state index contributed by atoms with van der Waals surface area (Å²) < 4.78 is 15.0. The lowest BCUT2D eigenvalue weighted by atomic mass is 9.81. The first-order valence-electron chi connectivity index (χ1n) is 15.3. The van der Waals surface area contributed by atoms with Gasteiger partial charge in [-0.05, 0) is 76.2 Å². The van der Waals surface area contributed by atoms with E-state index in [4.69, 9.17) is 14.7 Å². The number of hydroxylamine groups is 1. The Morgan fingerprint density at radius 1 is 1.10 bits per heavy atom. The third kappa shape index (κ3) is 6.16. The first-order valence-corrected chi connectivity index (χ1v) is 15.3. The van der Waals surface area contributed by atoms with E-state index in [1.807, 2.05) is 0 Å². The standard InChI is InChI=1S/C35H42N2O5/c1-4-37-29-16-10-9-15-28(29)35(2,3)32(37)19-18-24-13-12-14-25-21-27-30(22-26(38)23-31(27)42-34(24)25)41-20-11-7-5-6-8-17-33(39)36-40/h9-10,15-16,18-19,21-23H,4-8,11-14,17,20H2,1-3H3,(H2,36,39,40)/p+1. The maximum absolute atomic E-state index is 11.1. The summed E-state index contributed by atoms with van der Waals surface area (Å²) in [7, 11) is 0. The van der Waals surface area contributed by atoms with Gasteiger partial charge in [-0.3, -0.25) is 10.0 Å². The quantitative estimate of drug-likeness (QED) is 0.106. The number of nitrogens with zero attached hydrogens (tertiary/aromatic N) is 1. The van der Waals surface area contributed by atoms with E-state index in [0.717, 1.165) is 69.2 Å². The molecule has 5 rings (SSSR count). The van der Waals surface area contributed by atoms with Gasteiger partial charge in [0.1, 0.15) is 29.6 Å². The van der Waals surface area contributed by atoms with Crippen molar-refractivity contribution in [1.29, 1.82) is 0 Å². The minimum Gasteiger partial charge on any atom is -0.508 e. The van der Waals surface area contributed by atoms with Crippen molar-refractivity contribution < 1.29 is 29.2 Å². The fraction of sp³-hybridized carbons (Fsp3) is 0.429. The van der Waals surface area contributed by atoms with Crippen LogP contribution in [0.2, 0.25) is 0 Å².